The molecule has 1 amide bonds. The monoisotopic (exact) mass is 563 g/mol. The molecule has 0 unspecified atom stereocenters. The summed E-state index contributed by atoms with van der Waals surface area (Å²) in [5, 5.41) is 9.61. The molecule has 10 heteroatoms. The Hall–Kier alpha value is -4.08. The Kier molecular flexibility index (Phi) is 6.79. The average Bonchev–Trinajstić information content (AvgIpc) is 3.16. The third kappa shape index (κ3) is 4.79. The Morgan fingerprint density at radius 1 is 0.902 bits per heavy atom. The Morgan fingerprint density at radius 3 is 2.24 bits per heavy atom. The highest BCUT2D eigenvalue weighted by atomic mass is 19.2. The zero-order chi connectivity index (χ0) is 30.0. The predicted molar refractivity (Wildman–Crippen MR) is 153 cm³/mol. The number of halogens is 2. The van der Waals surface area contributed by atoms with Gasteiger partial charge in [0, 0.05) is 43.3 Å². The molecule has 0 spiro atoms. The van der Waals surface area contributed by atoms with Gasteiger partial charge >= 0.3 is 5.97 Å². The van der Waals surface area contributed by atoms with Crippen LogP contribution in [0.15, 0.2) is 30.3 Å². The number of nitrogens with zero attached hydrogens (tertiary/aromatic N) is 5. The van der Waals surface area contributed by atoms with Crippen molar-refractivity contribution in [2.24, 2.45) is 0 Å². The van der Waals surface area contributed by atoms with Crippen LogP contribution in [0.3, 0.4) is 0 Å². The SMILES string of the molecule is Cc1nc(N2CCN(C(=O)c3ccc4c(n3)C(C)(C)CN4c3ccc(F)c(F)c3)C(C)(C)C2)c(C)c(C)c1C(=O)O. The lowest BCUT2D eigenvalue weighted by atomic mass is 9.91. The summed E-state index contributed by atoms with van der Waals surface area (Å²) in [6.45, 7) is 15.4. The smallest absolute Gasteiger partial charge is 0.337 e. The van der Waals surface area contributed by atoms with Crippen molar-refractivity contribution in [2.75, 3.05) is 36.0 Å². The summed E-state index contributed by atoms with van der Waals surface area (Å²) in [6.07, 6.45) is 0. The zero-order valence-corrected chi connectivity index (χ0v) is 24.5. The fourth-order valence-corrected chi connectivity index (χ4v) is 6.12. The fourth-order valence-electron chi connectivity index (χ4n) is 6.12. The van der Waals surface area contributed by atoms with Crippen molar-refractivity contribution in [3.8, 4) is 0 Å². The number of carbonyl (C=O) groups is 2. The summed E-state index contributed by atoms with van der Waals surface area (Å²) >= 11 is 0. The van der Waals surface area contributed by atoms with Crippen LogP contribution in [-0.2, 0) is 5.41 Å². The molecule has 3 aromatic rings. The maximum Gasteiger partial charge on any atom is 0.337 e. The van der Waals surface area contributed by atoms with Crippen LogP contribution in [0.1, 0.15) is 71.1 Å². The second kappa shape index (κ2) is 9.78. The molecule has 0 bridgehead atoms. The molecule has 2 aliphatic heterocycles. The number of rotatable bonds is 4. The number of benzene rings is 1. The Bertz CT molecular complexity index is 1590. The number of aryl methyl sites for hydroxylation is 1. The molecule has 1 saturated heterocycles. The van der Waals surface area contributed by atoms with Crippen LogP contribution in [0.5, 0.6) is 0 Å². The molecular formula is C31H35F2N5O3. The van der Waals surface area contributed by atoms with E-state index in [1.807, 2.05) is 50.5 Å². The second-order valence-corrected chi connectivity index (χ2v) is 12.3. The van der Waals surface area contributed by atoms with Gasteiger partial charge in [-0.25, -0.2) is 23.5 Å². The first-order valence-electron chi connectivity index (χ1n) is 13.6. The van der Waals surface area contributed by atoms with Gasteiger partial charge in [-0.1, -0.05) is 13.8 Å². The van der Waals surface area contributed by atoms with Gasteiger partial charge in [-0.05, 0) is 70.0 Å². The molecule has 41 heavy (non-hydrogen) atoms. The molecule has 0 atom stereocenters. The van der Waals surface area contributed by atoms with Gasteiger partial charge in [0.05, 0.1) is 28.2 Å². The van der Waals surface area contributed by atoms with Crippen LogP contribution in [0, 0.1) is 32.4 Å². The van der Waals surface area contributed by atoms with Gasteiger partial charge in [0.15, 0.2) is 11.6 Å². The Labute approximate surface area is 238 Å². The van der Waals surface area contributed by atoms with Crippen LogP contribution < -0.4 is 9.80 Å². The van der Waals surface area contributed by atoms with Crippen LogP contribution >= 0.6 is 0 Å². The van der Waals surface area contributed by atoms with Crippen molar-refractivity contribution in [3.05, 3.63) is 75.7 Å². The number of fused-ring (bicyclic) bond motifs is 1. The van der Waals surface area contributed by atoms with Gasteiger partial charge in [-0.3, -0.25) is 4.79 Å². The van der Waals surface area contributed by atoms with Crippen molar-refractivity contribution < 1.29 is 23.5 Å². The molecule has 0 radical (unpaired) electrons. The highest BCUT2D eigenvalue weighted by molar-refractivity contribution is 5.94. The number of anilines is 3. The van der Waals surface area contributed by atoms with Crippen molar-refractivity contribution in [1.29, 1.82) is 0 Å². The van der Waals surface area contributed by atoms with Crippen LogP contribution in [0.25, 0.3) is 0 Å². The van der Waals surface area contributed by atoms with E-state index in [1.165, 1.54) is 6.07 Å². The summed E-state index contributed by atoms with van der Waals surface area (Å²) in [4.78, 5) is 40.9. The molecule has 0 aliphatic carbocycles. The number of aromatic nitrogens is 2. The molecule has 2 aliphatic rings. The van der Waals surface area contributed by atoms with Gasteiger partial charge in [0.1, 0.15) is 11.5 Å². The van der Waals surface area contributed by atoms with Gasteiger partial charge in [0.2, 0.25) is 0 Å². The second-order valence-electron chi connectivity index (χ2n) is 12.3. The molecule has 0 saturated carbocycles. The van der Waals surface area contributed by atoms with Crippen molar-refractivity contribution in [1.82, 2.24) is 14.9 Å². The van der Waals surface area contributed by atoms with Crippen LogP contribution in [-0.4, -0.2) is 63.6 Å². The molecular weight excluding hydrogens is 528 g/mol. The molecule has 8 nitrogen and oxygen atoms in total. The van der Waals surface area contributed by atoms with Gasteiger partial charge in [-0.15, -0.1) is 0 Å². The maximum atomic E-state index is 14.0. The lowest BCUT2D eigenvalue weighted by molar-refractivity contribution is 0.0506. The first kappa shape index (κ1) is 28.4. The van der Waals surface area contributed by atoms with Crippen LogP contribution in [0.2, 0.25) is 0 Å². The largest absolute Gasteiger partial charge is 0.478 e. The maximum absolute atomic E-state index is 14.0. The van der Waals surface area contributed by atoms with Crippen molar-refractivity contribution in [2.45, 2.75) is 59.4 Å². The van der Waals surface area contributed by atoms with E-state index in [0.29, 0.717) is 48.8 Å². The summed E-state index contributed by atoms with van der Waals surface area (Å²) in [5.74, 6) is -2.25. The lowest BCUT2D eigenvalue weighted by Crippen LogP contribution is -2.61. The number of hydrogen-bond donors (Lipinski definition) is 1. The minimum Gasteiger partial charge on any atom is -0.478 e. The predicted octanol–water partition coefficient (Wildman–Crippen LogP) is 5.55. The van der Waals surface area contributed by atoms with Gasteiger partial charge in [0.25, 0.3) is 5.91 Å². The summed E-state index contributed by atoms with van der Waals surface area (Å²) in [7, 11) is 0. The third-order valence-electron chi connectivity index (χ3n) is 8.36. The first-order chi connectivity index (χ1) is 19.1. The third-order valence-corrected chi connectivity index (χ3v) is 8.36. The standard InChI is InChI=1S/C31H35F2N5O3/c1-17-18(2)27(34-19(3)25(17)29(40)41)36-12-13-38(31(6,7)16-36)28(39)23-10-11-24-26(35-23)30(4,5)15-37(24)20-8-9-21(32)22(33)14-20/h8-11,14H,12-13,15-16H2,1-7H3,(H,40,41). The van der Waals surface area contributed by atoms with Crippen molar-refractivity contribution in [3.63, 3.8) is 0 Å². The highest BCUT2D eigenvalue weighted by Gasteiger charge is 2.41. The molecule has 5 rings (SSSR count). The number of carbonyl (C=O) groups excluding carboxylic acids is 1. The molecule has 216 valence electrons. The van der Waals surface area contributed by atoms with Crippen LogP contribution in [0.4, 0.5) is 26.0 Å². The summed E-state index contributed by atoms with van der Waals surface area (Å²) in [5.41, 5.74) is 3.57. The number of pyridine rings is 2. The lowest BCUT2D eigenvalue weighted by Gasteiger charge is -2.47. The van der Waals surface area contributed by atoms with Crippen molar-refractivity contribution >= 4 is 29.1 Å². The number of amides is 1. The number of carboxylic acids is 1. The number of aromatic carboxylic acids is 1. The molecule has 4 heterocycles. The van der Waals surface area contributed by atoms with E-state index in [4.69, 9.17) is 4.98 Å². The minimum atomic E-state index is -0.990. The topological polar surface area (TPSA) is 89.9 Å². The van der Waals surface area contributed by atoms with E-state index < -0.39 is 28.6 Å². The van der Waals surface area contributed by atoms with E-state index in [-0.39, 0.29) is 11.5 Å². The highest BCUT2D eigenvalue weighted by Crippen LogP contribution is 2.43. The number of hydrogen-bond acceptors (Lipinski definition) is 6. The summed E-state index contributed by atoms with van der Waals surface area (Å²) < 4.78 is 27.6. The van der Waals surface area contributed by atoms with E-state index in [1.54, 1.807) is 26.0 Å². The normalized spacial score (nSPS) is 17.5. The van der Waals surface area contributed by atoms with E-state index in [9.17, 15) is 23.5 Å². The zero-order valence-electron chi connectivity index (χ0n) is 24.5. The van der Waals surface area contributed by atoms with E-state index in [2.05, 4.69) is 9.88 Å². The van der Waals surface area contributed by atoms with Gasteiger partial charge in [-0.2, -0.15) is 0 Å². The first-order valence-corrected chi connectivity index (χ1v) is 13.6. The molecule has 2 aromatic heterocycles. The van der Waals surface area contributed by atoms with E-state index in [0.717, 1.165) is 28.8 Å². The number of piperazine rings is 1. The van der Waals surface area contributed by atoms with E-state index >= 15 is 0 Å². The fraction of sp³-hybridized carbons (Fsp3) is 0.419. The summed E-state index contributed by atoms with van der Waals surface area (Å²) in [6, 6.07) is 7.36. The molecule has 1 fully saturated rings. The Morgan fingerprint density at radius 2 is 1.61 bits per heavy atom. The van der Waals surface area contributed by atoms with Gasteiger partial charge < -0.3 is 19.8 Å². The molecule has 1 N–H and O–H groups in total. The Balaban J connectivity index is 1.41. The molecule has 1 aromatic carbocycles. The number of carboxylic acid groups (broad SMARTS) is 1. The quantitative estimate of drug-likeness (QED) is 0.445. The minimum absolute atomic E-state index is 0.183. The average molecular weight is 564 g/mol.